The van der Waals surface area contributed by atoms with Gasteiger partial charge in [-0.1, -0.05) is 18.2 Å². The van der Waals surface area contributed by atoms with E-state index in [1.807, 2.05) is 32.9 Å². The quantitative estimate of drug-likeness (QED) is 0.571. The molecular weight excluding hydrogens is 439 g/mol. The molecule has 4 rings (SSSR count). The highest BCUT2D eigenvalue weighted by molar-refractivity contribution is 6.05. The first-order valence-electron chi connectivity index (χ1n) is 11.0. The van der Waals surface area contributed by atoms with Crippen molar-refractivity contribution in [2.45, 2.75) is 38.3 Å². The highest BCUT2D eigenvalue weighted by atomic mass is 19.1. The molecule has 2 atom stereocenters. The van der Waals surface area contributed by atoms with Crippen LogP contribution >= 0.6 is 0 Å². The van der Waals surface area contributed by atoms with Gasteiger partial charge >= 0.3 is 12.1 Å². The maximum Gasteiger partial charge on any atom is 0.410 e. The van der Waals surface area contributed by atoms with Crippen LogP contribution in [0.5, 0.6) is 0 Å². The third kappa shape index (κ3) is 4.93. The molecule has 8 nitrogen and oxygen atoms in total. The number of halogens is 1. The zero-order valence-electron chi connectivity index (χ0n) is 19.5. The van der Waals surface area contributed by atoms with Gasteiger partial charge in [0.05, 0.1) is 24.2 Å². The molecule has 2 aromatic carbocycles. The summed E-state index contributed by atoms with van der Waals surface area (Å²) < 4.78 is 24.5. The monoisotopic (exact) mass is 466 g/mol. The molecule has 1 fully saturated rings. The molecule has 1 aromatic heterocycles. The van der Waals surface area contributed by atoms with Crippen molar-refractivity contribution in [1.29, 1.82) is 0 Å². The number of ether oxygens (including phenoxy) is 2. The number of methoxy groups -OCH3 is 1. The van der Waals surface area contributed by atoms with E-state index in [1.165, 1.54) is 25.6 Å². The van der Waals surface area contributed by atoms with Gasteiger partial charge in [0.25, 0.3) is 0 Å². The number of benzene rings is 2. The number of likely N-dealkylation sites (tertiary alicyclic amines) is 1. The summed E-state index contributed by atoms with van der Waals surface area (Å²) in [5, 5.41) is 4.05. The number of anilines is 1. The van der Waals surface area contributed by atoms with Crippen LogP contribution in [0.25, 0.3) is 10.9 Å². The second kappa shape index (κ2) is 9.24. The molecule has 2 unspecified atom stereocenters. The molecule has 0 radical (unpaired) electrons. The Morgan fingerprint density at radius 2 is 1.88 bits per heavy atom. The van der Waals surface area contributed by atoms with Crippen molar-refractivity contribution in [3.63, 3.8) is 0 Å². The zero-order valence-corrected chi connectivity index (χ0v) is 19.5. The first-order chi connectivity index (χ1) is 16.2. The number of aromatic nitrogens is 2. The summed E-state index contributed by atoms with van der Waals surface area (Å²) in [5.74, 6) is -0.544. The molecule has 1 amide bonds. The minimum absolute atomic E-state index is 0.211. The number of nitrogens with one attached hydrogen (secondary N) is 1. The van der Waals surface area contributed by atoms with E-state index in [2.05, 4.69) is 15.3 Å². The maximum atomic E-state index is 14.0. The molecular formula is C25H27FN4O4. The maximum absolute atomic E-state index is 14.0. The number of nitrogens with zero attached hydrogens (tertiary/aromatic N) is 3. The lowest BCUT2D eigenvalue weighted by molar-refractivity contribution is 0.0291. The van der Waals surface area contributed by atoms with Gasteiger partial charge in [-0.25, -0.2) is 23.9 Å². The van der Waals surface area contributed by atoms with Crippen molar-refractivity contribution >= 4 is 28.8 Å². The van der Waals surface area contributed by atoms with Gasteiger partial charge in [0, 0.05) is 24.4 Å². The number of para-hydroxylation sites is 1. The molecule has 178 valence electrons. The van der Waals surface area contributed by atoms with Crippen molar-refractivity contribution in [1.82, 2.24) is 14.9 Å². The summed E-state index contributed by atoms with van der Waals surface area (Å²) in [5.41, 5.74) is 0.909. The number of esters is 1. The van der Waals surface area contributed by atoms with E-state index in [4.69, 9.17) is 9.47 Å². The number of carbonyl (C=O) groups excluding carboxylic acids is 2. The van der Waals surface area contributed by atoms with Crippen LogP contribution in [0, 0.1) is 5.82 Å². The fraction of sp³-hybridized carbons (Fsp3) is 0.360. The van der Waals surface area contributed by atoms with Crippen LogP contribution in [-0.4, -0.2) is 58.8 Å². The van der Waals surface area contributed by atoms with Gasteiger partial charge in [-0.3, -0.25) is 0 Å². The molecule has 0 bridgehead atoms. The van der Waals surface area contributed by atoms with Gasteiger partial charge in [-0.15, -0.1) is 0 Å². The Kier molecular flexibility index (Phi) is 6.37. The smallest absolute Gasteiger partial charge is 0.410 e. The first-order valence-corrected chi connectivity index (χ1v) is 11.0. The van der Waals surface area contributed by atoms with Crippen molar-refractivity contribution in [2.24, 2.45) is 0 Å². The van der Waals surface area contributed by atoms with E-state index >= 15 is 0 Å². The van der Waals surface area contributed by atoms with Gasteiger partial charge in [0.15, 0.2) is 0 Å². The van der Waals surface area contributed by atoms with Crippen molar-refractivity contribution in [3.8, 4) is 0 Å². The standard InChI is InChI=1S/C25H27FN4O4/c1-25(2,3)34-24(32)30-12-19(15-7-5-8-16(26)11-15)20(13-30)29-22-17-9-6-10-18(23(31)33-4)21(17)27-14-28-22/h5-11,14,19-20H,12-13H2,1-4H3,(H,27,28,29). The Balaban J connectivity index is 1.69. The minimum atomic E-state index is -0.635. The van der Waals surface area contributed by atoms with Crippen molar-refractivity contribution < 1.29 is 23.5 Å². The van der Waals surface area contributed by atoms with Crippen LogP contribution in [-0.2, 0) is 9.47 Å². The van der Waals surface area contributed by atoms with Crippen LogP contribution < -0.4 is 5.32 Å². The second-order valence-corrected chi connectivity index (χ2v) is 9.21. The second-order valence-electron chi connectivity index (χ2n) is 9.21. The highest BCUT2D eigenvalue weighted by Gasteiger charge is 2.38. The predicted molar refractivity (Wildman–Crippen MR) is 125 cm³/mol. The molecule has 2 heterocycles. The van der Waals surface area contributed by atoms with E-state index in [1.54, 1.807) is 23.1 Å². The van der Waals surface area contributed by atoms with Gasteiger partial charge in [0.2, 0.25) is 0 Å². The molecule has 1 saturated heterocycles. The van der Waals surface area contributed by atoms with Crippen molar-refractivity contribution in [3.05, 3.63) is 65.7 Å². The van der Waals surface area contributed by atoms with E-state index in [9.17, 15) is 14.0 Å². The van der Waals surface area contributed by atoms with Gasteiger partial charge < -0.3 is 19.7 Å². The Labute approximate surface area is 197 Å². The fourth-order valence-electron chi connectivity index (χ4n) is 4.15. The SMILES string of the molecule is COC(=O)c1cccc2c(NC3CN(C(=O)OC(C)(C)C)CC3c3cccc(F)c3)ncnc12. The van der Waals surface area contributed by atoms with Crippen LogP contribution in [0.2, 0.25) is 0 Å². The Bertz CT molecular complexity index is 1230. The summed E-state index contributed by atoms with van der Waals surface area (Å²) in [6.07, 6.45) is 0.938. The number of hydrogen-bond donors (Lipinski definition) is 1. The van der Waals surface area contributed by atoms with Crippen LogP contribution in [0.3, 0.4) is 0 Å². The fourth-order valence-corrected chi connectivity index (χ4v) is 4.15. The van der Waals surface area contributed by atoms with E-state index in [0.717, 1.165) is 5.56 Å². The largest absolute Gasteiger partial charge is 0.465 e. The summed E-state index contributed by atoms with van der Waals surface area (Å²) in [6, 6.07) is 11.3. The lowest BCUT2D eigenvalue weighted by Gasteiger charge is -2.24. The average molecular weight is 467 g/mol. The number of fused-ring (bicyclic) bond motifs is 1. The summed E-state index contributed by atoms with van der Waals surface area (Å²) in [4.78, 5) is 35.3. The Hall–Kier alpha value is -3.75. The normalized spacial score (nSPS) is 18.1. The van der Waals surface area contributed by atoms with E-state index in [-0.39, 0.29) is 17.8 Å². The third-order valence-electron chi connectivity index (χ3n) is 5.64. The number of carbonyl (C=O) groups is 2. The lowest BCUT2D eigenvalue weighted by Crippen LogP contribution is -2.36. The van der Waals surface area contributed by atoms with E-state index < -0.39 is 17.7 Å². The van der Waals surface area contributed by atoms with Gasteiger partial charge in [0.1, 0.15) is 23.6 Å². The molecule has 34 heavy (non-hydrogen) atoms. The molecule has 0 aliphatic carbocycles. The van der Waals surface area contributed by atoms with Gasteiger partial charge in [-0.05, 0) is 50.6 Å². The van der Waals surface area contributed by atoms with Crippen LogP contribution in [0.15, 0.2) is 48.8 Å². The van der Waals surface area contributed by atoms with Crippen LogP contribution in [0.1, 0.15) is 42.6 Å². The topological polar surface area (TPSA) is 93.7 Å². The minimum Gasteiger partial charge on any atom is -0.465 e. The molecule has 0 saturated carbocycles. The zero-order chi connectivity index (χ0) is 24.5. The van der Waals surface area contributed by atoms with Gasteiger partial charge in [-0.2, -0.15) is 0 Å². The summed E-state index contributed by atoms with van der Waals surface area (Å²) in [7, 11) is 1.31. The van der Waals surface area contributed by atoms with Crippen molar-refractivity contribution in [2.75, 3.05) is 25.5 Å². The Morgan fingerprint density at radius 3 is 2.59 bits per heavy atom. The average Bonchev–Trinajstić information content (AvgIpc) is 3.21. The highest BCUT2D eigenvalue weighted by Crippen LogP contribution is 2.33. The molecule has 3 aromatic rings. The first kappa shape index (κ1) is 23.4. The Morgan fingerprint density at radius 1 is 1.12 bits per heavy atom. The number of amides is 1. The molecule has 0 spiro atoms. The number of rotatable bonds is 4. The third-order valence-corrected chi connectivity index (χ3v) is 5.64. The lowest BCUT2D eigenvalue weighted by atomic mass is 9.94. The number of hydrogen-bond acceptors (Lipinski definition) is 7. The summed E-state index contributed by atoms with van der Waals surface area (Å²) >= 11 is 0. The predicted octanol–water partition coefficient (Wildman–Crippen LogP) is 4.37. The molecule has 1 aliphatic heterocycles. The molecule has 9 heteroatoms. The molecule has 1 aliphatic rings. The molecule has 1 N–H and O–H groups in total. The van der Waals surface area contributed by atoms with E-state index in [0.29, 0.717) is 35.4 Å². The summed E-state index contributed by atoms with van der Waals surface area (Å²) in [6.45, 7) is 6.12. The van der Waals surface area contributed by atoms with Crippen LogP contribution in [0.4, 0.5) is 15.0 Å².